The molecule has 1 atom stereocenters. The summed E-state index contributed by atoms with van der Waals surface area (Å²) in [5, 5.41) is 7.41. The molecule has 1 unspecified atom stereocenters. The number of aryl methyl sites for hydroxylation is 2. The molecular weight excluding hydrogens is 256 g/mol. The highest BCUT2D eigenvalue weighted by molar-refractivity contribution is 7.16. The summed E-state index contributed by atoms with van der Waals surface area (Å²) in [7, 11) is 0. The Labute approximate surface area is 116 Å². The maximum absolute atomic E-state index is 12.2. The number of hydrogen-bond acceptors (Lipinski definition) is 3. The van der Waals surface area contributed by atoms with Crippen molar-refractivity contribution in [2.24, 2.45) is 0 Å². The van der Waals surface area contributed by atoms with E-state index in [1.54, 1.807) is 11.3 Å². The third kappa shape index (κ3) is 2.02. The predicted molar refractivity (Wildman–Crippen MR) is 78.8 cm³/mol. The number of carbonyl (C=O) groups excluding carboxylic acids is 1. The van der Waals surface area contributed by atoms with Crippen LogP contribution < -0.4 is 10.6 Å². The van der Waals surface area contributed by atoms with E-state index in [1.165, 1.54) is 10.4 Å². The Morgan fingerprint density at radius 1 is 1.05 bits per heavy atom. The molecule has 1 aliphatic rings. The molecule has 0 radical (unpaired) electrons. The fraction of sp³-hybridized carbons (Fsp3) is 0.267. The van der Waals surface area contributed by atoms with Crippen molar-refractivity contribution in [2.75, 3.05) is 5.32 Å². The second kappa shape index (κ2) is 4.38. The van der Waals surface area contributed by atoms with Gasteiger partial charge in [0.1, 0.15) is 11.2 Å². The fourth-order valence-corrected chi connectivity index (χ4v) is 3.38. The summed E-state index contributed by atoms with van der Waals surface area (Å²) in [6.45, 7) is 6.10. The molecule has 0 fully saturated rings. The molecule has 19 heavy (non-hydrogen) atoms. The molecule has 1 amide bonds. The van der Waals surface area contributed by atoms with Gasteiger partial charge in [0.25, 0.3) is 5.91 Å². The molecule has 3 nitrogen and oxygen atoms in total. The van der Waals surface area contributed by atoms with Crippen LogP contribution in [0.3, 0.4) is 0 Å². The van der Waals surface area contributed by atoms with Gasteiger partial charge in [-0.15, -0.1) is 11.3 Å². The van der Waals surface area contributed by atoms with E-state index in [1.807, 2.05) is 26.0 Å². The third-order valence-electron chi connectivity index (χ3n) is 3.57. The smallest absolute Gasteiger partial charge is 0.256 e. The molecule has 1 aromatic heterocycles. The van der Waals surface area contributed by atoms with E-state index < -0.39 is 0 Å². The van der Waals surface area contributed by atoms with Crippen molar-refractivity contribution in [2.45, 2.75) is 26.9 Å². The van der Waals surface area contributed by atoms with E-state index in [2.05, 4.69) is 29.7 Å². The topological polar surface area (TPSA) is 41.1 Å². The monoisotopic (exact) mass is 272 g/mol. The Morgan fingerprint density at radius 3 is 2.42 bits per heavy atom. The first-order valence-corrected chi connectivity index (χ1v) is 7.12. The van der Waals surface area contributed by atoms with Gasteiger partial charge in [-0.2, -0.15) is 0 Å². The molecule has 3 rings (SSSR count). The molecule has 0 saturated heterocycles. The number of nitrogens with one attached hydrogen (secondary N) is 2. The number of amides is 1. The average Bonchev–Trinajstić information content (AvgIpc) is 2.66. The lowest BCUT2D eigenvalue weighted by Crippen LogP contribution is -2.38. The zero-order chi connectivity index (χ0) is 13.6. The summed E-state index contributed by atoms with van der Waals surface area (Å²) in [6.07, 6.45) is -0.141. The van der Waals surface area contributed by atoms with E-state index in [4.69, 9.17) is 0 Å². The number of benzene rings is 1. The van der Waals surface area contributed by atoms with Gasteiger partial charge < -0.3 is 10.6 Å². The Kier molecular flexibility index (Phi) is 2.82. The van der Waals surface area contributed by atoms with Crippen molar-refractivity contribution in [3.63, 3.8) is 0 Å². The normalized spacial score (nSPS) is 17.6. The van der Waals surface area contributed by atoms with Gasteiger partial charge in [-0.05, 0) is 31.9 Å². The summed E-state index contributed by atoms with van der Waals surface area (Å²) >= 11 is 1.65. The lowest BCUT2D eigenvalue weighted by molar-refractivity contribution is 0.0936. The number of hydrogen-bond donors (Lipinski definition) is 2. The van der Waals surface area contributed by atoms with Crippen LogP contribution in [0.2, 0.25) is 0 Å². The molecule has 98 valence electrons. The predicted octanol–water partition coefficient (Wildman–Crippen LogP) is 3.53. The van der Waals surface area contributed by atoms with Crippen LogP contribution in [-0.2, 0) is 0 Å². The Morgan fingerprint density at radius 2 is 1.74 bits per heavy atom. The van der Waals surface area contributed by atoms with Crippen LogP contribution in [-0.4, -0.2) is 5.91 Å². The quantitative estimate of drug-likeness (QED) is 0.834. The molecular formula is C15H16N2OS. The number of fused-ring (bicyclic) bond motifs is 1. The number of thiophene rings is 1. The second-order valence-electron chi connectivity index (χ2n) is 4.95. The molecule has 1 aliphatic heterocycles. The van der Waals surface area contributed by atoms with Crippen LogP contribution in [0.5, 0.6) is 0 Å². The molecule has 4 heteroatoms. The van der Waals surface area contributed by atoms with Crippen LogP contribution in [0.15, 0.2) is 24.3 Å². The number of rotatable bonds is 1. The lowest BCUT2D eigenvalue weighted by atomic mass is 10.1. The first-order valence-electron chi connectivity index (χ1n) is 6.30. The summed E-state index contributed by atoms with van der Waals surface area (Å²) < 4.78 is 0. The number of carbonyl (C=O) groups is 1. The second-order valence-corrected chi connectivity index (χ2v) is 6.17. The molecule has 0 bridgehead atoms. The number of anilines is 1. The standard InChI is InChI=1S/C15H16N2OS/c1-8-4-6-11(7-5-8)13-16-14(18)12-9(2)10(3)19-15(12)17-13/h4-7,13,17H,1-3H3,(H,16,18). The van der Waals surface area contributed by atoms with E-state index >= 15 is 0 Å². The van der Waals surface area contributed by atoms with E-state index in [9.17, 15) is 4.79 Å². The van der Waals surface area contributed by atoms with Crippen LogP contribution in [0.1, 0.15) is 38.1 Å². The summed E-state index contributed by atoms with van der Waals surface area (Å²) in [4.78, 5) is 13.4. The van der Waals surface area contributed by atoms with Crippen LogP contribution >= 0.6 is 11.3 Å². The van der Waals surface area contributed by atoms with Crippen LogP contribution in [0, 0.1) is 20.8 Å². The van der Waals surface area contributed by atoms with E-state index in [0.717, 1.165) is 21.7 Å². The Balaban J connectivity index is 1.97. The molecule has 2 aromatic rings. The van der Waals surface area contributed by atoms with Crippen molar-refractivity contribution in [3.05, 3.63) is 51.4 Å². The minimum absolute atomic E-state index is 0.0150. The van der Waals surface area contributed by atoms with Gasteiger partial charge in [-0.1, -0.05) is 29.8 Å². The minimum atomic E-state index is -0.141. The maximum Gasteiger partial charge on any atom is 0.256 e. The average molecular weight is 272 g/mol. The third-order valence-corrected chi connectivity index (χ3v) is 4.71. The summed E-state index contributed by atoms with van der Waals surface area (Å²) in [5.41, 5.74) is 4.17. The van der Waals surface area contributed by atoms with Gasteiger partial charge in [-0.25, -0.2) is 0 Å². The minimum Gasteiger partial charge on any atom is -0.353 e. The summed E-state index contributed by atoms with van der Waals surface area (Å²) in [5.74, 6) is 0.0150. The maximum atomic E-state index is 12.2. The molecule has 1 aromatic carbocycles. The van der Waals surface area contributed by atoms with Gasteiger partial charge >= 0.3 is 0 Å². The van der Waals surface area contributed by atoms with Crippen LogP contribution in [0.25, 0.3) is 0 Å². The van der Waals surface area contributed by atoms with Gasteiger partial charge in [0.05, 0.1) is 5.56 Å². The highest BCUT2D eigenvalue weighted by atomic mass is 32.1. The van der Waals surface area contributed by atoms with Gasteiger partial charge in [0.15, 0.2) is 0 Å². The van der Waals surface area contributed by atoms with E-state index in [0.29, 0.717) is 0 Å². The molecule has 0 aliphatic carbocycles. The van der Waals surface area contributed by atoms with Crippen LogP contribution in [0.4, 0.5) is 5.00 Å². The highest BCUT2D eigenvalue weighted by Gasteiger charge is 2.28. The zero-order valence-electron chi connectivity index (χ0n) is 11.2. The van der Waals surface area contributed by atoms with Crippen molar-refractivity contribution >= 4 is 22.2 Å². The first kappa shape index (κ1) is 12.2. The molecule has 0 saturated carbocycles. The Bertz CT molecular complexity index is 643. The zero-order valence-corrected chi connectivity index (χ0v) is 12.0. The largest absolute Gasteiger partial charge is 0.353 e. The van der Waals surface area contributed by atoms with E-state index in [-0.39, 0.29) is 12.1 Å². The fourth-order valence-electron chi connectivity index (χ4n) is 2.30. The molecule has 2 N–H and O–H groups in total. The van der Waals surface area contributed by atoms with Gasteiger partial charge in [-0.3, -0.25) is 4.79 Å². The Hall–Kier alpha value is -1.81. The van der Waals surface area contributed by atoms with Crippen molar-refractivity contribution in [1.29, 1.82) is 0 Å². The lowest BCUT2D eigenvalue weighted by Gasteiger charge is -2.26. The van der Waals surface area contributed by atoms with Gasteiger partial charge in [0, 0.05) is 4.88 Å². The highest BCUT2D eigenvalue weighted by Crippen LogP contribution is 2.37. The summed E-state index contributed by atoms with van der Waals surface area (Å²) in [6, 6.07) is 8.21. The SMILES string of the molecule is Cc1ccc(C2NC(=O)c3c(sc(C)c3C)N2)cc1. The van der Waals surface area contributed by atoms with Gasteiger partial charge in [0.2, 0.25) is 0 Å². The first-order chi connectivity index (χ1) is 9.06. The van der Waals surface area contributed by atoms with Crippen molar-refractivity contribution < 1.29 is 4.79 Å². The van der Waals surface area contributed by atoms with Crippen molar-refractivity contribution in [1.82, 2.24) is 5.32 Å². The van der Waals surface area contributed by atoms with Crippen molar-refractivity contribution in [3.8, 4) is 0 Å². The molecule has 2 heterocycles. The molecule has 0 spiro atoms.